The highest BCUT2D eigenvalue weighted by Gasteiger charge is 2.46. The molecule has 0 radical (unpaired) electrons. The van der Waals surface area contributed by atoms with Crippen molar-refractivity contribution >= 4 is 5.57 Å². The molecule has 4 nitrogen and oxygen atoms in total. The molecule has 0 unspecified atom stereocenters. The summed E-state index contributed by atoms with van der Waals surface area (Å²) in [5.74, 6) is 5.50. The molecule has 8 rings (SSSR count). The van der Waals surface area contributed by atoms with Gasteiger partial charge in [-0.15, -0.1) is 0 Å². The molecule has 4 bridgehead atoms. The lowest BCUT2D eigenvalue weighted by Crippen LogP contribution is -3.00. The number of ether oxygens (including phenoxy) is 2. The molecule has 0 N–H and O–H groups in total. The Labute approximate surface area is 396 Å². The summed E-state index contributed by atoms with van der Waals surface area (Å²) in [4.78, 5) is 0. The topological polar surface area (TPSA) is 18.5 Å². The molecular formula is C53H84I2N2O2. The highest BCUT2D eigenvalue weighted by Crippen LogP contribution is 2.58. The first-order valence-electron chi connectivity index (χ1n) is 24.8. The SMILES string of the molecule is C[N+]1(CCCCCCCCOc2ccc(C(=C3C4CC5CC(C4)CC3C5)c3ccc(OCCCCCCCC[N+]4(C)CCCCCC4)cc3)cc2)CCCCCC1.[I-].[I-]. The zero-order chi connectivity index (χ0) is 39.2. The van der Waals surface area contributed by atoms with Gasteiger partial charge >= 0.3 is 0 Å². The second-order valence-corrected chi connectivity index (χ2v) is 20.5. The van der Waals surface area contributed by atoms with Crippen molar-refractivity contribution in [2.24, 2.45) is 23.7 Å². The van der Waals surface area contributed by atoms with E-state index in [9.17, 15) is 0 Å². The molecule has 0 aromatic heterocycles. The number of quaternary nitrogens is 2. The minimum Gasteiger partial charge on any atom is -1.00 e. The number of unbranched alkanes of at least 4 members (excludes halogenated alkanes) is 10. The summed E-state index contributed by atoms with van der Waals surface area (Å²) in [7, 11) is 5.01. The van der Waals surface area contributed by atoms with Crippen molar-refractivity contribution in [3.8, 4) is 11.5 Å². The van der Waals surface area contributed by atoms with E-state index in [1.807, 2.05) is 0 Å². The summed E-state index contributed by atoms with van der Waals surface area (Å²) in [6.45, 7) is 10.0. The highest BCUT2D eigenvalue weighted by molar-refractivity contribution is 5.83. The third-order valence-electron chi connectivity index (χ3n) is 15.6. The van der Waals surface area contributed by atoms with Crippen molar-refractivity contribution in [3.63, 3.8) is 0 Å². The first-order chi connectivity index (χ1) is 28.0. The van der Waals surface area contributed by atoms with Crippen LogP contribution in [0.3, 0.4) is 0 Å². The molecule has 6 aliphatic rings. The maximum atomic E-state index is 6.31. The predicted molar refractivity (Wildman–Crippen MR) is 241 cm³/mol. The molecule has 0 spiro atoms. The van der Waals surface area contributed by atoms with Gasteiger partial charge in [-0.1, -0.05) is 68.4 Å². The average Bonchev–Trinajstić information content (AvgIpc) is 3.58. The summed E-state index contributed by atoms with van der Waals surface area (Å²) < 4.78 is 15.3. The smallest absolute Gasteiger partial charge is 0.119 e. The Kier molecular flexibility index (Phi) is 21.2. The Bertz CT molecular complexity index is 1370. The summed E-state index contributed by atoms with van der Waals surface area (Å²) in [6.07, 6.45) is 34.6. The van der Waals surface area contributed by atoms with Crippen LogP contribution < -0.4 is 57.4 Å². The normalized spacial score (nSPS) is 24.3. The Morgan fingerprint density at radius 1 is 0.441 bits per heavy atom. The Morgan fingerprint density at radius 2 is 0.780 bits per heavy atom. The lowest BCUT2D eigenvalue weighted by Gasteiger charge is -2.52. The summed E-state index contributed by atoms with van der Waals surface area (Å²) in [5.41, 5.74) is 6.03. The Morgan fingerprint density at radius 3 is 1.15 bits per heavy atom. The minimum absolute atomic E-state index is 0. The van der Waals surface area contributed by atoms with Crippen molar-refractivity contribution < 1.29 is 66.4 Å². The van der Waals surface area contributed by atoms with Crippen molar-refractivity contribution in [1.82, 2.24) is 0 Å². The molecule has 2 saturated heterocycles. The number of halogens is 2. The lowest BCUT2D eigenvalue weighted by atomic mass is 9.53. The van der Waals surface area contributed by atoms with E-state index in [1.165, 1.54) is 213 Å². The predicted octanol–water partition coefficient (Wildman–Crippen LogP) is 7.43. The van der Waals surface area contributed by atoms with Gasteiger partial charge in [-0.25, -0.2) is 0 Å². The van der Waals surface area contributed by atoms with Crippen LogP contribution in [0.1, 0.15) is 172 Å². The quantitative estimate of drug-likeness (QED) is 0.0695. The van der Waals surface area contributed by atoms with Gasteiger partial charge in [0.15, 0.2) is 0 Å². The van der Waals surface area contributed by atoms with Gasteiger partial charge in [0.2, 0.25) is 0 Å². The van der Waals surface area contributed by atoms with Crippen LogP contribution in [0, 0.1) is 23.7 Å². The van der Waals surface area contributed by atoms with Crippen LogP contribution in [0.5, 0.6) is 11.5 Å². The van der Waals surface area contributed by atoms with Crippen LogP contribution in [-0.2, 0) is 0 Å². The number of likely N-dealkylation sites (tertiary alicyclic amines) is 2. The first-order valence-corrected chi connectivity index (χ1v) is 24.8. The van der Waals surface area contributed by atoms with Crippen molar-refractivity contribution in [2.75, 3.05) is 66.6 Å². The maximum Gasteiger partial charge on any atom is 0.119 e. The zero-order valence-corrected chi connectivity index (χ0v) is 42.0. The molecular weight excluding hydrogens is 950 g/mol. The molecule has 0 atom stereocenters. The lowest BCUT2D eigenvalue weighted by molar-refractivity contribution is -0.909. The van der Waals surface area contributed by atoms with Gasteiger partial charge in [0.1, 0.15) is 11.5 Å². The molecule has 2 aromatic rings. The third-order valence-corrected chi connectivity index (χ3v) is 15.6. The van der Waals surface area contributed by atoms with E-state index >= 15 is 0 Å². The van der Waals surface area contributed by atoms with Crippen LogP contribution in [0.4, 0.5) is 0 Å². The molecule has 2 aliphatic heterocycles. The number of hydrogen-bond acceptors (Lipinski definition) is 2. The van der Waals surface area contributed by atoms with E-state index in [1.54, 1.807) is 5.57 Å². The largest absolute Gasteiger partial charge is 1.00 e. The van der Waals surface area contributed by atoms with Gasteiger partial charge < -0.3 is 66.4 Å². The van der Waals surface area contributed by atoms with E-state index in [0.717, 1.165) is 61.2 Å². The number of allylic oxidation sites excluding steroid dienone is 1. The van der Waals surface area contributed by atoms with Crippen LogP contribution in [0.15, 0.2) is 54.1 Å². The second-order valence-electron chi connectivity index (χ2n) is 20.5. The molecule has 2 heterocycles. The molecule has 0 amide bonds. The average molecular weight is 1040 g/mol. The van der Waals surface area contributed by atoms with Crippen LogP contribution in [0.2, 0.25) is 0 Å². The van der Waals surface area contributed by atoms with Crippen molar-refractivity contribution in [1.29, 1.82) is 0 Å². The van der Waals surface area contributed by atoms with Crippen LogP contribution >= 0.6 is 0 Å². The minimum atomic E-state index is 0. The van der Waals surface area contributed by atoms with E-state index < -0.39 is 0 Å². The first kappa shape index (κ1) is 49.2. The van der Waals surface area contributed by atoms with Gasteiger partial charge in [0.05, 0.1) is 66.6 Å². The van der Waals surface area contributed by atoms with E-state index in [0.29, 0.717) is 0 Å². The third kappa shape index (κ3) is 15.1. The Balaban J connectivity index is 0.00000331. The van der Waals surface area contributed by atoms with Crippen LogP contribution in [-0.4, -0.2) is 75.5 Å². The molecule has 59 heavy (non-hydrogen) atoms. The number of rotatable bonds is 22. The van der Waals surface area contributed by atoms with Crippen molar-refractivity contribution in [2.45, 2.75) is 161 Å². The fraction of sp³-hybridized carbons (Fsp3) is 0.736. The van der Waals surface area contributed by atoms with Gasteiger partial charge in [0, 0.05) is 0 Å². The van der Waals surface area contributed by atoms with Gasteiger partial charge in [-0.05, 0) is 187 Å². The summed E-state index contributed by atoms with van der Waals surface area (Å²) in [6, 6.07) is 18.4. The van der Waals surface area contributed by atoms with E-state index in [2.05, 4.69) is 62.6 Å². The Hall–Kier alpha value is -0.840. The second kappa shape index (κ2) is 25.5. The molecule has 4 saturated carbocycles. The van der Waals surface area contributed by atoms with Gasteiger partial charge in [-0.2, -0.15) is 0 Å². The van der Waals surface area contributed by atoms with Crippen LogP contribution in [0.25, 0.3) is 5.57 Å². The highest BCUT2D eigenvalue weighted by atomic mass is 127. The summed E-state index contributed by atoms with van der Waals surface area (Å²) in [5, 5.41) is 0. The molecule has 6 fully saturated rings. The van der Waals surface area contributed by atoms with Gasteiger partial charge in [-0.3, -0.25) is 0 Å². The number of hydrogen-bond donors (Lipinski definition) is 0. The number of benzene rings is 2. The molecule has 2 aromatic carbocycles. The van der Waals surface area contributed by atoms with E-state index in [4.69, 9.17) is 9.47 Å². The standard InChI is InChI=1S/C53H84N2O2.2HI/c1-54(33-17-9-10-18-34-54)31-15-7-3-5-13-21-37-56-50-27-23-46(24-28-50)52(53-48-40-44-39-45(42-48)43-49(53)41-44)47-25-29-51(30-26-47)57-38-22-14-6-4-8-16-32-55(2)35-19-11-12-20-36-55;;/h23-30,44-45,48-49H,3-22,31-43H2,1-2H3;2*1H/q+2;;/p-2. The van der Waals surface area contributed by atoms with Gasteiger partial charge in [0.25, 0.3) is 0 Å². The fourth-order valence-electron chi connectivity index (χ4n) is 12.4. The molecule has 6 heteroatoms. The monoisotopic (exact) mass is 1030 g/mol. The van der Waals surface area contributed by atoms with E-state index in [-0.39, 0.29) is 48.0 Å². The summed E-state index contributed by atoms with van der Waals surface area (Å²) >= 11 is 0. The molecule has 4 aliphatic carbocycles. The fourth-order valence-corrected chi connectivity index (χ4v) is 12.4. The molecule has 332 valence electrons. The number of nitrogens with zero attached hydrogens (tertiary/aromatic N) is 2. The zero-order valence-electron chi connectivity index (χ0n) is 37.7. The maximum absolute atomic E-state index is 6.31. The van der Waals surface area contributed by atoms with Crippen molar-refractivity contribution in [3.05, 3.63) is 65.2 Å².